The molecule has 0 amide bonds. The molecule has 0 aromatic carbocycles. The van der Waals surface area contributed by atoms with E-state index in [0.29, 0.717) is 0 Å². The minimum Gasteiger partial charge on any atom is -0.815 e. The van der Waals surface area contributed by atoms with Crippen molar-refractivity contribution in [2.45, 2.75) is 6.16 Å². The van der Waals surface area contributed by atoms with Crippen LogP contribution in [0.4, 0.5) is 0 Å². The van der Waals surface area contributed by atoms with Gasteiger partial charge < -0.3 is 10.2 Å². The van der Waals surface area contributed by atoms with E-state index < -0.39 is 6.16 Å². The van der Waals surface area contributed by atoms with Gasteiger partial charge in [0.15, 0.2) is 17.4 Å². The summed E-state index contributed by atoms with van der Waals surface area (Å²) in [6, 6.07) is 0. The number of hydrogen-bond acceptors (Lipinski definition) is 4. The summed E-state index contributed by atoms with van der Waals surface area (Å²) < 4.78 is 0. The Morgan fingerprint density at radius 2 is 1.29 bits per heavy atom. The van der Waals surface area contributed by atoms with Gasteiger partial charge in [0, 0.05) is 0 Å². The summed E-state index contributed by atoms with van der Waals surface area (Å²) in [6.45, 7) is 0. The molecule has 7 heavy (non-hydrogen) atoms. The van der Waals surface area contributed by atoms with E-state index >= 15 is 0 Å². The van der Waals surface area contributed by atoms with E-state index in [4.69, 9.17) is 0 Å². The molecule has 0 spiro atoms. The summed E-state index contributed by atoms with van der Waals surface area (Å²) in [4.78, 5) is 6.57. The topological polar surface area (TPSA) is 71.2 Å². The summed E-state index contributed by atoms with van der Waals surface area (Å²) in [6.07, 6.45) is -2.75. The predicted molar refractivity (Wildman–Crippen MR) is 20.6 cm³/mol. The third-order valence-electron chi connectivity index (χ3n) is 0.219. The van der Waals surface area contributed by atoms with E-state index in [9.17, 15) is 10.2 Å². The summed E-state index contributed by atoms with van der Waals surface area (Å²) >= 11 is 0. The van der Waals surface area contributed by atoms with Crippen LogP contribution < -0.4 is 10.2 Å². The van der Waals surface area contributed by atoms with E-state index in [2.05, 4.69) is 9.78 Å². The van der Waals surface area contributed by atoms with Crippen LogP contribution in [0.3, 0.4) is 0 Å². The first-order valence-corrected chi connectivity index (χ1v) is 0.983. The zero-order valence-corrected chi connectivity index (χ0v) is 5.05. The standard InChI is InChI=1S/CO4.Al.Ca.3H/c2-1(3)4-5-1;;;;;/q-2;;+2;;;. The van der Waals surface area contributed by atoms with Crippen LogP contribution in [0.2, 0.25) is 0 Å². The van der Waals surface area contributed by atoms with Crippen LogP contribution in [-0.4, -0.2) is 61.3 Å². The molecule has 0 aromatic heterocycles. The number of rotatable bonds is 0. The fourth-order valence-corrected chi connectivity index (χ4v) is 0.0340. The Hall–Kier alpha value is 1.63. The normalized spacial score (nSPS) is 21.4. The van der Waals surface area contributed by atoms with Crippen molar-refractivity contribution in [3.8, 4) is 0 Å². The Morgan fingerprint density at radius 1 is 1.14 bits per heavy atom. The minimum atomic E-state index is -2.75. The van der Waals surface area contributed by atoms with Gasteiger partial charge in [0.1, 0.15) is 0 Å². The molecule has 0 unspecified atom stereocenters. The van der Waals surface area contributed by atoms with Crippen LogP contribution in [0.25, 0.3) is 0 Å². The molecule has 36 valence electrons. The molecule has 0 saturated carbocycles. The van der Waals surface area contributed by atoms with Gasteiger partial charge in [0.05, 0.1) is 6.16 Å². The molecule has 0 aromatic rings. The summed E-state index contributed by atoms with van der Waals surface area (Å²) in [5.41, 5.74) is 0. The van der Waals surface area contributed by atoms with Crippen molar-refractivity contribution in [2.24, 2.45) is 0 Å². The van der Waals surface area contributed by atoms with Crippen molar-refractivity contribution in [2.75, 3.05) is 0 Å². The smallest absolute Gasteiger partial charge is 0.815 e. The Morgan fingerprint density at radius 3 is 1.29 bits per heavy atom. The van der Waals surface area contributed by atoms with E-state index in [1.165, 1.54) is 0 Å². The largest absolute Gasteiger partial charge is 2.00 e. The summed E-state index contributed by atoms with van der Waals surface area (Å²) in [5, 5.41) is 18.4. The summed E-state index contributed by atoms with van der Waals surface area (Å²) in [7, 11) is 0. The Kier molecular flexibility index (Phi) is 5.91. The van der Waals surface area contributed by atoms with Crippen molar-refractivity contribution in [3.05, 3.63) is 0 Å². The fraction of sp³-hybridized carbons (Fsp3) is 1.00. The quantitative estimate of drug-likeness (QED) is 0.150. The average molecular weight is 146 g/mol. The van der Waals surface area contributed by atoms with E-state index in [0.717, 1.165) is 0 Å². The van der Waals surface area contributed by atoms with Crippen molar-refractivity contribution >= 4 is 55.1 Å². The van der Waals surface area contributed by atoms with Gasteiger partial charge in [-0.25, -0.2) is 9.78 Å². The molecule has 1 heterocycles. The van der Waals surface area contributed by atoms with Gasteiger partial charge in [-0.1, -0.05) is 0 Å². The van der Waals surface area contributed by atoms with Gasteiger partial charge >= 0.3 is 37.7 Å². The van der Waals surface area contributed by atoms with Crippen LogP contribution in [0.1, 0.15) is 0 Å². The monoisotopic (exact) mass is 146 g/mol. The molecular weight excluding hydrogens is 143 g/mol. The van der Waals surface area contributed by atoms with Gasteiger partial charge in [-0.15, -0.1) is 0 Å². The SMILES string of the molecule is [AlH3].[Ca+2].[O-]C1([O-])OO1. The maximum absolute atomic E-state index is 9.22. The van der Waals surface area contributed by atoms with Crippen LogP contribution in [0, 0.1) is 0 Å². The van der Waals surface area contributed by atoms with Gasteiger partial charge in [-0.05, 0) is 0 Å². The molecule has 0 N–H and O–H groups in total. The van der Waals surface area contributed by atoms with Crippen LogP contribution in [0.5, 0.6) is 0 Å². The second-order valence-corrected chi connectivity index (χ2v) is 0.667. The van der Waals surface area contributed by atoms with Gasteiger partial charge in [-0.3, -0.25) is 0 Å². The first-order chi connectivity index (χ1) is 2.21. The second kappa shape index (κ2) is 3.62. The molecule has 1 rings (SSSR count). The third-order valence-corrected chi connectivity index (χ3v) is 0.219. The Bertz CT molecular complexity index is 49.7. The van der Waals surface area contributed by atoms with Crippen LogP contribution >= 0.6 is 0 Å². The van der Waals surface area contributed by atoms with Crippen molar-refractivity contribution in [3.63, 3.8) is 0 Å². The Balaban J connectivity index is 0. The van der Waals surface area contributed by atoms with Crippen LogP contribution in [0.15, 0.2) is 0 Å². The first kappa shape index (κ1) is 11.4. The molecule has 0 aliphatic carbocycles. The van der Waals surface area contributed by atoms with Crippen molar-refractivity contribution in [1.82, 2.24) is 0 Å². The first-order valence-electron chi connectivity index (χ1n) is 0.983. The van der Waals surface area contributed by atoms with E-state index in [1.54, 1.807) is 0 Å². The molecule has 0 atom stereocenters. The van der Waals surface area contributed by atoms with Crippen molar-refractivity contribution < 1.29 is 20.0 Å². The fourth-order valence-electron chi connectivity index (χ4n) is 0.0340. The summed E-state index contributed by atoms with van der Waals surface area (Å²) in [5.74, 6) is 0. The van der Waals surface area contributed by atoms with Crippen LogP contribution in [-0.2, 0) is 9.78 Å². The zero-order chi connectivity index (χ0) is 3.91. The molecule has 6 heteroatoms. The third kappa shape index (κ3) is 5.50. The second-order valence-electron chi connectivity index (χ2n) is 0.667. The van der Waals surface area contributed by atoms with Gasteiger partial charge in [0.2, 0.25) is 0 Å². The number of hydrogen-bond donors (Lipinski definition) is 0. The van der Waals surface area contributed by atoms with E-state index in [-0.39, 0.29) is 55.1 Å². The molecular formula is CH3AlCaO4. The average Bonchev–Trinajstić information content (AvgIpc) is 1.76. The zero-order valence-electron chi connectivity index (χ0n) is 2.84. The molecule has 0 bridgehead atoms. The molecule has 4 nitrogen and oxygen atoms in total. The molecule has 0 radical (unpaired) electrons. The van der Waals surface area contributed by atoms with Gasteiger partial charge in [-0.2, -0.15) is 0 Å². The maximum Gasteiger partial charge on any atom is 2.00 e. The predicted octanol–water partition coefficient (Wildman–Crippen LogP) is -4.28. The van der Waals surface area contributed by atoms with Gasteiger partial charge in [0.25, 0.3) is 0 Å². The Labute approximate surface area is 80.5 Å². The molecule has 1 aliphatic rings. The molecule has 1 aliphatic heterocycles. The minimum absolute atomic E-state index is 0. The van der Waals surface area contributed by atoms with Crippen molar-refractivity contribution in [1.29, 1.82) is 0 Å². The van der Waals surface area contributed by atoms with E-state index in [1.807, 2.05) is 0 Å². The molecule has 1 fully saturated rings. The molecule has 1 saturated heterocycles. The maximum atomic E-state index is 9.22.